The number of hydrogen-bond donors (Lipinski definition) is 1. The molecule has 1 amide bonds. The molecule has 2 aliphatic heterocycles. The van der Waals surface area contributed by atoms with E-state index in [4.69, 9.17) is 14.2 Å². The van der Waals surface area contributed by atoms with Crippen LogP contribution in [0, 0.1) is 0 Å². The predicted octanol–water partition coefficient (Wildman–Crippen LogP) is 3.04. The topological polar surface area (TPSA) is 73.9 Å². The molecule has 2 atom stereocenters. The van der Waals surface area contributed by atoms with Crippen molar-refractivity contribution < 1.29 is 23.8 Å². The third-order valence-corrected chi connectivity index (χ3v) is 4.99. The summed E-state index contributed by atoms with van der Waals surface area (Å²) in [6, 6.07) is 16.5. The molecule has 0 aliphatic carbocycles. The van der Waals surface area contributed by atoms with Gasteiger partial charge >= 0.3 is 5.97 Å². The smallest absolute Gasteiger partial charge is 0.338 e. The number of amides is 1. The van der Waals surface area contributed by atoms with Crippen LogP contribution in [-0.4, -0.2) is 37.7 Å². The Balaban J connectivity index is 1.48. The van der Waals surface area contributed by atoms with Gasteiger partial charge in [-0.2, -0.15) is 0 Å². The van der Waals surface area contributed by atoms with Crippen molar-refractivity contribution in [3.8, 4) is 5.75 Å². The second-order valence-electron chi connectivity index (χ2n) is 7.07. The Hall–Kier alpha value is -3.12. The largest absolute Gasteiger partial charge is 0.488 e. The number of carbonyl (C=O) groups is 2. The van der Waals surface area contributed by atoms with Crippen LogP contribution in [-0.2, 0) is 19.1 Å². The highest BCUT2D eigenvalue weighted by atomic mass is 16.6. The lowest BCUT2D eigenvalue weighted by Gasteiger charge is -2.21. The number of ether oxygens (including phenoxy) is 3. The molecule has 2 heterocycles. The van der Waals surface area contributed by atoms with Gasteiger partial charge in [0.15, 0.2) is 0 Å². The van der Waals surface area contributed by atoms with Crippen LogP contribution >= 0.6 is 0 Å². The lowest BCUT2D eigenvalue weighted by atomic mass is 10.1. The number of benzene rings is 2. The van der Waals surface area contributed by atoms with Crippen LogP contribution in [0.3, 0.4) is 0 Å². The molecule has 0 spiro atoms. The molecule has 6 heteroatoms. The van der Waals surface area contributed by atoms with Crippen molar-refractivity contribution in [1.82, 2.24) is 5.32 Å². The first-order chi connectivity index (χ1) is 14.2. The maximum absolute atomic E-state index is 12.8. The maximum Gasteiger partial charge on any atom is 0.338 e. The van der Waals surface area contributed by atoms with Crippen molar-refractivity contribution in [3.05, 3.63) is 71.3 Å². The molecule has 1 fully saturated rings. The van der Waals surface area contributed by atoms with Crippen LogP contribution in [0.15, 0.2) is 60.2 Å². The first-order valence-corrected chi connectivity index (χ1v) is 9.78. The first-order valence-electron chi connectivity index (χ1n) is 9.78. The molecule has 150 valence electrons. The quantitative estimate of drug-likeness (QED) is 0.764. The van der Waals surface area contributed by atoms with Crippen molar-refractivity contribution in [2.45, 2.75) is 25.0 Å². The minimum absolute atomic E-state index is 0.0111. The molecule has 0 bridgehead atoms. The number of hydrogen-bond acceptors (Lipinski definition) is 5. The Bertz CT molecular complexity index is 902. The number of nitrogens with one attached hydrogen (secondary N) is 1. The van der Waals surface area contributed by atoms with Gasteiger partial charge in [-0.1, -0.05) is 48.5 Å². The van der Waals surface area contributed by atoms with Gasteiger partial charge in [-0.05, 0) is 25.0 Å². The molecule has 0 radical (unpaired) electrons. The molecule has 1 N–H and O–H groups in total. The first kappa shape index (κ1) is 19.2. The van der Waals surface area contributed by atoms with Gasteiger partial charge in [0.05, 0.1) is 11.7 Å². The average Bonchev–Trinajstić information content (AvgIpc) is 3.29. The van der Waals surface area contributed by atoms with Crippen molar-refractivity contribution >= 4 is 18.0 Å². The molecule has 1 saturated heterocycles. The average molecular weight is 393 g/mol. The Labute approximate surface area is 169 Å². The fourth-order valence-electron chi connectivity index (χ4n) is 3.43. The molecular formula is C23H23NO5. The summed E-state index contributed by atoms with van der Waals surface area (Å²) in [6.45, 7) is 1.22. The summed E-state index contributed by atoms with van der Waals surface area (Å²) in [5, 5.41) is 2.86. The predicted molar refractivity (Wildman–Crippen MR) is 107 cm³/mol. The van der Waals surface area contributed by atoms with Crippen molar-refractivity contribution in [2.24, 2.45) is 0 Å². The van der Waals surface area contributed by atoms with Crippen molar-refractivity contribution in [2.75, 3.05) is 19.8 Å². The van der Waals surface area contributed by atoms with E-state index in [0.717, 1.165) is 24.2 Å². The van der Waals surface area contributed by atoms with Gasteiger partial charge < -0.3 is 19.5 Å². The lowest BCUT2D eigenvalue weighted by molar-refractivity contribution is -0.153. The zero-order valence-corrected chi connectivity index (χ0v) is 16.0. The normalized spacial score (nSPS) is 18.8. The number of fused-ring (bicyclic) bond motifs is 1. The third kappa shape index (κ3) is 4.66. The number of esters is 1. The summed E-state index contributed by atoms with van der Waals surface area (Å²) in [4.78, 5) is 25.6. The van der Waals surface area contributed by atoms with Gasteiger partial charge in [0.25, 0.3) is 5.91 Å². The van der Waals surface area contributed by atoms with E-state index in [1.54, 1.807) is 18.2 Å². The molecule has 2 aliphatic rings. The summed E-state index contributed by atoms with van der Waals surface area (Å²) in [5.41, 5.74) is 1.80. The molecule has 2 aromatic carbocycles. The fraction of sp³-hybridized carbons (Fsp3) is 0.304. The van der Waals surface area contributed by atoms with E-state index in [2.05, 4.69) is 5.32 Å². The minimum Gasteiger partial charge on any atom is -0.488 e. The molecule has 0 unspecified atom stereocenters. The second-order valence-corrected chi connectivity index (χ2v) is 7.07. The van der Waals surface area contributed by atoms with Crippen LogP contribution in [0.2, 0.25) is 0 Å². The molecule has 2 aromatic rings. The van der Waals surface area contributed by atoms with E-state index in [1.807, 2.05) is 42.5 Å². The molecule has 4 rings (SSSR count). The zero-order valence-electron chi connectivity index (χ0n) is 16.0. The van der Waals surface area contributed by atoms with Gasteiger partial charge in [-0.3, -0.25) is 4.79 Å². The van der Waals surface area contributed by atoms with Crippen molar-refractivity contribution in [1.29, 1.82) is 0 Å². The monoisotopic (exact) mass is 393 g/mol. The van der Waals surface area contributed by atoms with Gasteiger partial charge in [0.1, 0.15) is 12.4 Å². The van der Waals surface area contributed by atoms with Crippen LogP contribution in [0.1, 0.15) is 30.1 Å². The third-order valence-electron chi connectivity index (χ3n) is 4.99. The van der Waals surface area contributed by atoms with Crippen molar-refractivity contribution in [3.63, 3.8) is 0 Å². The summed E-state index contributed by atoms with van der Waals surface area (Å²) in [6.07, 6.45) is 2.63. The highest BCUT2D eigenvalue weighted by Gasteiger charge is 2.28. The highest BCUT2D eigenvalue weighted by molar-refractivity contribution is 5.97. The van der Waals surface area contributed by atoms with E-state index in [1.165, 1.54) is 0 Å². The van der Waals surface area contributed by atoms with E-state index >= 15 is 0 Å². The number of para-hydroxylation sites is 1. The lowest BCUT2D eigenvalue weighted by Crippen LogP contribution is -2.37. The van der Waals surface area contributed by atoms with Crippen LogP contribution in [0.5, 0.6) is 5.75 Å². The zero-order chi connectivity index (χ0) is 20.1. The molecule has 0 aromatic heterocycles. The Morgan fingerprint density at radius 3 is 2.69 bits per heavy atom. The maximum atomic E-state index is 12.8. The molecule has 29 heavy (non-hydrogen) atoms. The SMILES string of the molecule is O=C(O[C@H](C(=O)NC[C@H]1CCCO1)c1ccccc1)C1=Cc2ccccc2OC1. The Kier molecular flexibility index (Phi) is 5.91. The summed E-state index contributed by atoms with van der Waals surface area (Å²) >= 11 is 0. The summed E-state index contributed by atoms with van der Waals surface area (Å²) in [7, 11) is 0. The van der Waals surface area contributed by atoms with Crippen LogP contribution in [0.25, 0.3) is 6.08 Å². The standard InChI is InChI=1S/C23H23NO5/c25-22(24-14-19-10-6-12-27-19)21(16-7-2-1-3-8-16)29-23(26)18-13-17-9-4-5-11-20(17)28-15-18/h1-5,7-9,11,13,19,21H,6,10,12,14-15H2,(H,24,25)/t19-,21+/m1/s1. The van der Waals surface area contributed by atoms with Crippen LogP contribution in [0.4, 0.5) is 0 Å². The van der Waals surface area contributed by atoms with E-state index < -0.39 is 12.1 Å². The molecular weight excluding hydrogens is 370 g/mol. The minimum atomic E-state index is -1.04. The molecule has 6 nitrogen and oxygen atoms in total. The Morgan fingerprint density at radius 2 is 1.90 bits per heavy atom. The van der Waals surface area contributed by atoms with Gasteiger partial charge in [-0.15, -0.1) is 0 Å². The number of rotatable bonds is 6. The van der Waals surface area contributed by atoms with Crippen LogP contribution < -0.4 is 10.1 Å². The van der Waals surface area contributed by atoms with E-state index in [-0.39, 0.29) is 18.6 Å². The van der Waals surface area contributed by atoms with Gasteiger partial charge in [0.2, 0.25) is 6.10 Å². The van der Waals surface area contributed by atoms with Gasteiger partial charge in [0, 0.05) is 24.3 Å². The van der Waals surface area contributed by atoms with E-state index in [0.29, 0.717) is 24.3 Å². The fourth-order valence-corrected chi connectivity index (χ4v) is 3.43. The van der Waals surface area contributed by atoms with Gasteiger partial charge in [-0.25, -0.2) is 4.79 Å². The highest BCUT2D eigenvalue weighted by Crippen LogP contribution is 2.27. The number of carbonyl (C=O) groups excluding carboxylic acids is 2. The summed E-state index contributed by atoms with van der Waals surface area (Å²) in [5.74, 6) is -0.212. The summed E-state index contributed by atoms with van der Waals surface area (Å²) < 4.78 is 16.8. The second kappa shape index (κ2) is 8.92. The van der Waals surface area contributed by atoms with E-state index in [9.17, 15) is 9.59 Å². The Morgan fingerprint density at radius 1 is 1.10 bits per heavy atom. The molecule has 0 saturated carbocycles.